The van der Waals surface area contributed by atoms with Crippen molar-refractivity contribution in [2.24, 2.45) is 0 Å². The second-order valence-corrected chi connectivity index (χ2v) is 6.75. The van der Waals surface area contributed by atoms with Crippen LogP contribution in [0.5, 0.6) is 5.75 Å². The molecule has 0 aromatic heterocycles. The van der Waals surface area contributed by atoms with Gasteiger partial charge in [-0.1, -0.05) is 59.7 Å². The SMILES string of the molecule is CC(C)=CCC/C(C)=C/C=O.O=C(O)c1cccc(Cc2ccccc2)c1O. The Balaban J connectivity index is 0.000000311. The number of benzene rings is 2. The molecule has 0 aliphatic heterocycles. The number of carboxylic acids is 1. The smallest absolute Gasteiger partial charge is 0.339 e. The molecule has 2 aromatic carbocycles. The number of aldehydes is 1. The number of carbonyl (C=O) groups is 2. The van der Waals surface area contributed by atoms with Crippen molar-refractivity contribution in [1.29, 1.82) is 0 Å². The summed E-state index contributed by atoms with van der Waals surface area (Å²) in [6.07, 6.45) is 7.20. The van der Waals surface area contributed by atoms with Crippen LogP contribution in [-0.2, 0) is 11.2 Å². The van der Waals surface area contributed by atoms with E-state index in [0.717, 1.165) is 30.3 Å². The van der Waals surface area contributed by atoms with E-state index in [1.54, 1.807) is 18.2 Å². The molecular weight excluding hydrogens is 352 g/mol. The van der Waals surface area contributed by atoms with Crippen LogP contribution in [-0.4, -0.2) is 22.5 Å². The largest absolute Gasteiger partial charge is 0.507 e. The van der Waals surface area contributed by atoms with Crippen LogP contribution in [0.25, 0.3) is 0 Å². The van der Waals surface area contributed by atoms with Crippen molar-refractivity contribution in [2.45, 2.75) is 40.0 Å². The monoisotopic (exact) mass is 380 g/mol. The van der Waals surface area contributed by atoms with E-state index in [9.17, 15) is 14.7 Å². The fourth-order valence-corrected chi connectivity index (χ4v) is 2.51. The Labute approximate surface area is 166 Å². The zero-order chi connectivity index (χ0) is 20.9. The highest BCUT2D eigenvalue weighted by atomic mass is 16.4. The van der Waals surface area contributed by atoms with Crippen molar-refractivity contribution in [3.63, 3.8) is 0 Å². The molecule has 0 fully saturated rings. The minimum Gasteiger partial charge on any atom is -0.507 e. The highest BCUT2D eigenvalue weighted by Gasteiger charge is 2.12. The average molecular weight is 380 g/mol. The summed E-state index contributed by atoms with van der Waals surface area (Å²) in [6, 6.07) is 14.4. The van der Waals surface area contributed by atoms with Crippen molar-refractivity contribution in [2.75, 3.05) is 0 Å². The molecule has 2 aromatic rings. The molecule has 4 nitrogen and oxygen atoms in total. The molecule has 0 radical (unpaired) electrons. The molecule has 2 rings (SSSR count). The van der Waals surface area contributed by atoms with Crippen LogP contribution in [0.2, 0.25) is 0 Å². The van der Waals surface area contributed by atoms with Gasteiger partial charge in [-0.05, 0) is 56.9 Å². The summed E-state index contributed by atoms with van der Waals surface area (Å²) in [7, 11) is 0. The first-order chi connectivity index (χ1) is 13.3. The highest BCUT2D eigenvalue weighted by Crippen LogP contribution is 2.24. The third-order valence-corrected chi connectivity index (χ3v) is 4.03. The van der Waals surface area contributed by atoms with Crippen molar-refractivity contribution < 1.29 is 19.8 Å². The normalized spacial score (nSPS) is 10.5. The zero-order valence-electron chi connectivity index (χ0n) is 16.7. The minimum absolute atomic E-state index is 0.0570. The molecule has 2 N–H and O–H groups in total. The standard InChI is InChI=1S/C14H12O3.C10H16O/c15-13-11(7-4-8-12(13)14(16)17)9-10-5-2-1-3-6-10;1-9(2)5-4-6-10(3)7-8-11/h1-8,15H,9H2,(H,16,17);5,7-8H,4,6H2,1-3H3/b;10-7+. The average Bonchev–Trinajstić information content (AvgIpc) is 2.64. The van der Waals surface area contributed by atoms with Crippen molar-refractivity contribution in [3.05, 3.63) is 88.5 Å². The van der Waals surface area contributed by atoms with E-state index in [1.165, 1.54) is 11.6 Å². The number of hydrogen-bond donors (Lipinski definition) is 2. The summed E-state index contributed by atoms with van der Waals surface area (Å²) in [5, 5.41) is 18.7. The van der Waals surface area contributed by atoms with Gasteiger partial charge in [-0.15, -0.1) is 0 Å². The molecule has 0 saturated carbocycles. The molecule has 0 heterocycles. The van der Waals surface area contributed by atoms with Crippen molar-refractivity contribution in [3.8, 4) is 5.75 Å². The maximum absolute atomic E-state index is 10.9. The molecule has 0 aliphatic carbocycles. The van der Waals surface area contributed by atoms with Gasteiger partial charge in [0.1, 0.15) is 17.6 Å². The molecule has 0 atom stereocenters. The van der Waals surface area contributed by atoms with Gasteiger partial charge in [0.25, 0.3) is 0 Å². The molecule has 0 bridgehead atoms. The van der Waals surface area contributed by atoms with E-state index in [4.69, 9.17) is 5.11 Å². The van der Waals surface area contributed by atoms with E-state index >= 15 is 0 Å². The number of allylic oxidation sites excluding steroid dienone is 4. The Morgan fingerprint density at radius 3 is 2.25 bits per heavy atom. The van der Waals surface area contributed by atoms with Gasteiger partial charge in [-0.25, -0.2) is 4.79 Å². The van der Waals surface area contributed by atoms with E-state index in [2.05, 4.69) is 19.9 Å². The minimum atomic E-state index is -1.11. The molecule has 0 amide bonds. The number of carbonyl (C=O) groups excluding carboxylic acids is 1. The van der Waals surface area contributed by atoms with Gasteiger partial charge in [0, 0.05) is 6.42 Å². The van der Waals surface area contributed by atoms with E-state index < -0.39 is 5.97 Å². The Kier molecular flexibility index (Phi) is 10.0. The summed E-state index contributed by atoms with van der Waals surface area (Å²) in [5.41, 5.74) is 4.08. The number of aromatic hydroxyl groups is 1. The van der Waals surface area contributed by atoms with Gasteiger partial charge in [-0.3, -0.25) is 4.79 Å². The van der Waals surface area contributed by atoms with Crippen LogP contribution >= 0.6 is 0 Å². The Morgan fingerprint density at radius 2 is 1.68 bits per heavy atom. The van der Waals surface area contributed by atoms with Crippen LogP contribution in [0.3, 0.4) is 0 Å². The molecule has 0 saturated heterocycles. The number of phenols is 1. The lowest BCUT2D eigenvalue weighted by atomic mass is 10.0. The van der Waals surface area contributed by atoms with E-state index in [-0.39, 0.29) is 11.3 Å². The van der Waals surface area contributed by atoms with Gasteiger partial charge in [0.15, 0.2) is 0 Å². The predicted molar refractivity (Wildman–Crippen MR) is 113 cm³/mol. The molecule has 148 valence electrons. The maximum atomic E-state index is 10.9. The molecule has 0 spiro atoms. The first kappa shape index (κ1) is 22.9. The number of para-hydroxylation sites is 1. The molecule has 28 heavy (non-hydrogen) atoms. The summed E-state index contributed by atoms with van der Waals surface area (Å²) < 4.78 is 0. The van der Waals surface area contributed by atoms with Crippen LogP contribution in [0.4, 0.5) is 0 Å². The molecule has 0 unspecified atom stereocenters. The second kappa shape index (κ2) is 12.3. The third-order valence-electron chi connectivity index (χ3n) is 4.03. The van der Waals surface area contributed by atoms with Gasteiger partial charge in [0.2, 0.25) is 0 Å². The number of aromatic carboxylic acids is 1. The Morgan fingerprint density at radius 1 is 1.00 bits per heavy atom. The first-order valence-electron chi connectivity index (χ1n) is 9.17. The molecular formula is C24H28O4. The van der Waals surface area contributed by atoms with Gasteiger partial charge < -0.3 is 10.2 Å². The van der Waals surface area contributed by atoms with Crippen molar-refractivity contribution >= 4 is 12.3 Å². The Hall–Kier alpha value is -3.14. The summed E-state index contributed by atoms with van der Waals surface area (Å²) >= 11 is 0. The van der Waals surface area contributed by atoms with Gasteiger partial charge >= 0.3 is 5.97 Å². The van der Waals surface area contributed by atoms with Crippen LogP contribution in [0, 0.1) is 0 Å². The highest BCUT2D eigenvalue weighted by molar-refractivity contribution is 5.91. The zero-order valence-corrected chi connectivity index (χ0v) is 16.7. The van der Waals surface area contributed by atoms with Gasteiger partial charge in [-0.2, -0.15) is 0 Å². The summed E-state index contributed by atoms with van der Waals surface area (Å²) in [4.78, 5) is 20.9. The fraction of sp³-hybridized carbons (Fsp3) is 0.250. The van der Waals surface area contributed by atoms with Gasteiger partial charge in [0.05, 0.1) is 0 Å². The topological polar surface area (TPSA) is 74.6 Å². The quantitative estimate of drug-likeness (QED) is 0.375. The van der Waals surface area contributed by atoms with Crippen LogP contribution in [0.1, 0.15) is 55.1 Å². The third kappa shape index (κ3) is 8.49. The lowest BCUT2D eigenvalue weighted by molar-refractivity contribution is -0.104. The maximum Gasteiger partial charge on any atom is 0.339 e. The second-order valence-electron chi connectivity index (χ2n) is 6.75. The summed E-state index contributed by atoms with van der Waals surface area (Å²) in [6.45, 7) is 6.14. The first-order valence-corrected chi connectivity index (χ1v) is 9.17. The predicted octanol–water partition coefficient (Wildman–Crippen LogP) is 5.56. The fourth-order valence-electron chi connectivity index (χ4n) is 2.51. The summed E-state index contributed by atoms with van der Waals surface area (Å²) in [5.74, 6) is -1.26. The number of carboxylic acid groups (broad SMARTS) is 1. The van der Waals surface area contributed by atoms with Crippen LogP contribution in [0.15, 0.2) is 71.8 Å². The number of hydrogen-bond acceptors (Lipinski definition) is 3. The molecule has 0 aliphatic rings. The van der Waals surface area contributed by atoms with E-state index in [1.807, 2.05) is 37.3 Å². The van der Waals surface area contributed by atoms with Crippen molar-refractivity contribution in [1.82, 2.24) is 0 Å². The Bertz CT molecular complexity index is 829. The lowest BCUT2D eigenvalue weighted by Gasteiger charge is -2.07. The number of rotatable bonds is 7. The molecule has 4 heteroatoms. The lowest BCUT2D eigenvalue weighted by Crippen LogP contribution is -1.99. The van der Waals surface area contributed by atoms with Crippen LogP contribution < -0.4 is 0 Å². The van der Waals surface area contributed by atoms with E-state index in [0.29, 0.717) is 12.0 Å².